The number of fused-ring (bicyclic) bond motifs is 1. The minimum atomic E-state index is 0.331. The molecule has 0 aliphatic carbocycles. The smallest absolute Gasteiger partial charge is 0.231 e. The van der Waals surface area contributed by atoms with E-state index in [9.17, 15) is 0 Å². The predicted molar refractivity (Wildman–Crippen MR) is 108 cm³/mol. The first-order valence-electron chi connectivity index (χ1n) is 10.7. The van der Waals surface area contributed by atoms with Crippen LogP contribution in [0.2, 0.25) is 0 Å². The van der Waals surface area contributed by atoms with E-state index >= 15 is 0 Å². The number of hydrogen-bond donors (Lipinski definition) is 0. The Hall–Kier alpha value is -1.34. The molecule has 0 bridgehead atoms. The molecule has 0 amide bonds. The number of methoxy groups -OCH3 is 1. The highest BCUT2D eigenvalue weighted by Crippen LogP contribution is 2.36. The fourth-order valence-electron chi connectivity index (χ4n) is 4.61. The van der Waals surface area contributed by atoms with Crippen LogP contribution in [0.5, 0.6) is 11.5 Å². The number of piperidine rings is 1. The van der Waals surface area contributed by atoms with Crippen molar-refractivity contribution >= 4 is 0 Å². The number of benzene rings is 1. The molecule has 28 heavy (non-hydrogen) atoms. The lowest BCUT2D eigenvalue weighted by molar-refractivity contribution is 0.0548. The van der Waals surface area contributed by atoms with Gasteiger partial charge in [-0.05, 0) is 50.8 Å². The molecule has 0 N–H and O–H groups in total. The fourth-order valence-corrected chi connectivity index (χ4v) is 4.61. The summed E-state index contributed by atoms with van der Waals surface area (Å²) in [5.41, 5.74) is 1.23. The molecule has 0 saturated carbocycles. The molecule has 1 aromatic carbocycles. The number of hydrogen-bond acceptors (Lipinski definition) is 6. The Labute approximate surface area is 168 Å². The van der Waals surface area contributed by atoms with Gasteiger partial charge in [-0.15, -0.1) is 0 Å². The molecule has 0 spiro atoms. The van der Waals surface area contributed by atoms with Crippen molar-refractivity contribution in [2.75, 3.05) is 59.8 Å². The number of nitrogens with zero attached hydrogens (tertiary/aromatic N) is 2. The lowest BCUT2D eigenvalue weighted by Crippen LogP contribution is -2.41. The highest BCUT2D eigenvalue weighted by molar-refractivity contribution is 5.48. The van der Waals surface area contributed by atoms with Gasteiger partial charge < -0.3 is 23.8 Å². The number of para-hydroxylation sites is 1. The third kappa shape index (κ3) is 5.17. The van der Waals surface area contributed by atoms with Crippen LogP contribution in [-0.2, 0) is 16.0 Å². The van der Waals surface area contributed by atoms with Gasteiger partial charge in [-0.2, -0.15) is 0 Å². The summed E-state index contributed by atoms with van der Waals surface area (Å²) < 4.78 is 22.5. The molecule has 6 heteroatoms. The van der Waals surface area contributed by atoms with Crippen molar-refractivity contribution in [3.05, 3.63) is 23.8 Å². The summed E-state index contributed by atoms with van der Waals surface area (Å²) in [6, 6.07) is 6.23. The molecule has 0 aromatic heterocycles. The van der Waals surface area contributed by atoms with Gasteiger partial charge in [-0.25, -0.2) is 0 Å². The number of likely N-dealkylation sites (tertiary alicyclic amines) is 1. The zero-order valence-electron chi connectivity index (χ0n) is 17.1. The van der Waals surface area contributed by atoms with E-state index in [1.165, 1.54) is 44.3 Å². The van der Waals surface area contributed by atoms with Crippen LogP contribution in [0.1, 0.15) is 31.2 Å². The lowest BCUT2D eigenvalue weighted by Gasteiger charge is -2.35. The van der Waals surface area contributed by atoms with Crippen molar-refractivity contribution in [1.82, 2.24) is 9.80 Å². The lowest BCUT2D eigenvalue weighted by atomic mass is 9.95. The molecule has 2 saturated heterocycles. The van der Waals surface area contributed by atoms with Gasteiger partial charge >= 0.3 is 0 Å². The molecule has 1 aromatic rings. The van der Waals surface area contributed by atoms with Gasteiger partial charge in [0.05, 0.1) is 12.7 Å². The van der Waals surface area contributed by atoms with Crippen LogP contribution in [0.15, 0.2) is 18.2 Å². The van der Waals surface area contributed by atoms with E-state index < -0.39 is 0 Å². The zero-order valence-corrected chi connectivity index (χ0v) is 17.1. The maximum absolute atomic E-state index is 5.94. The van der Waals surface area contributed by atoms with Crippen LogP contribution in [0, 0.1) is 5.92 Å². The van der Waals surface area contributed by atoms with E-state index in [0.29, 0.717) is 12.9 Å². The van der Waals surface area contributed by atoms with Gasteiger partial charge in [0.2, 0.25) is 6.79 Å². The molecule has 1 atom stereocenters. The Balaban J connectivity index is 1.36. The normalized spacial score (nSPS) is 23.0. The Morgan fingerprint density at radius 1 is 1.14 bits per heavy atom. The third-order valence-corrected chi connectivity index (χ3v) is 6.19. The van der Waals surface area contributed by atoms with Crippen LogP contribution >= 0.6 is 0 Å². The van der Waals surface area contributed by atoms with Crippen molar-refractivity contribution in [1.29, 1.82) is 0 Å². The monoisotopic (exact) mass is 390 g/mol. The quantitative estimate of drug-likeness (QED) is 0.646. The second-order valence-electron chi connectivity index (χ2n) is 8.26. The summed E-state index contributed by atoms with van der Waals surface area (Å²) in [6.07, 6.45) is 5.26. The van der Waals surface area contributed by atoms with E-state index in [1.807, 2.05) is 6.07 Å². The van der Waals surface area contributed by atoms with Crippen LogP contribution in [0.4, 0.5) is 0 Å². The van der Waals surface area contributed by atoms with Gasteiger partial charge in [0.1, 0.15) is 0 Å². The Morgan fingerprint density at radius 2 is 2.04 bits per heavy atom. The average Bonchev–Trinajstić information content (AvgIpc) is 3.39. The van der Waals surface area contributed by atoms with Gasteiger partial charge in [0.15, 0.2) is 11.5 Å². The summed E-state index contributed by atoms with van der Waals surface area (Å²) in [5.74, 6) is 2.55. The summed E-state index contributed by atoms with van der Waals surface area (Å²) in [7, 11) is 1.78. The van der Waals surface area contributed by atoms with E-state index in [1.54, 1.807) is 7.11 Å². The summed E-state index contributed by atoms with van der Waals surface area (Å²) in [6.45, 7) is 8.52. The SMILES string of the molecule is COCCN1CCC(CN(Cc2cccc3c2OCO3)C[C@H]2CCCO2)CC1. The highest BCUT2D eigenvalue weighted by Gasteiger charge is 2.26. The fraction of sp³-hybridized carbons (Fsp3) is 0.727. The molecule has 3 aliphatic heterocycles. The van der Waals surface area contributed by atoms with Gasteiger partial charge in [-0.1, -0.05) is 12.1 Å². The second-order valence-corrected chi connectivity index (χ2v) is 8.26. The minimum Gasteiger partial charge on any atom is -0.454 e. The first-order valence-corrected chi connectivity index (χ1v) is 10.7. The van der Waals surface area contributed by atoms with Crippen LogP contribution < -0.4 is 9.47 Å². The maximum Gasteiger partial charge on any atom is 0.231 e. The van der Waals surface area contributed by atoms with E-state index in [0.717, 1.165) is 56.8 Å². The minimum absolute atomic E-state index is 0.331. The first-order chi connectivity index (χ1) is 13.8. The highest BCUT2D eigenvalue weighted by atomic mass is 16.7. The average molecular weight is 391 g/mol. The Kier molecular flexibility index (Phi) is 7.07. The Bertz CT molecular complexity index is 613. The summed E-state index contributed by atoms with van der Waals surface area (Å²) in [4.78, 5) is 5.11. The van der Waals surface area contributed by atoms with Crippen molar-refractivity contribution in [3.63, 3.8) is 0 Å². The van der Waals surface area contributed by atoms with Gasteiger partial charge in [-0.3, -0.25) is 4.90 Å². The van der Waals surface area contributed by atoms with Gasteiger partial charge in [0.25, 0.3) is 0 Å². The van der Waals surface area contributed by atoms with Crippen LogP contribution in [-0.4, -0.2) is 75.7 Å². The third-order valence-electron chi connectivity index (χ3n) is 6.19. The molecule has 3 heterocycles. The van der Waals surface area contributed by atoms with Crippen LogP contribution in [0.3, 0.4) is 0 Å². The molecule has 4 rings (SSSR count). The maximum atomic E-state index is 5.94. The summed E-state index contributed by atoms with van der Waals surface area (Å²) >= 11 is 0. The van der Waals surface area contributed by atoms with Crippen LogP contribution in [0.25, 0.3) is 0 Å². The molecule has 156 valence electrons. The topological polar surface area (TPSA) is 43.4 Å². The molecular weight excluding hydrogens is 356 g/mol. The summed E-state index contributed by atoms with van der Waals surface area (Å²) in [5, 5.41) is 0. The molecule has 0 radical (unpaired) electrons. The van der Waals surface area contributed by atoms with Crippen molar-refractivity contribution in [2.24, 2.45) is 5.92 Å². The molecule has 3 aliphatic rings. The largest absolute Gasteiger partial charge is 0.454 e. The molecule has 2 fully saturated rings. The number of rotatable bonds is 9. The van der Waals surface area contributed by atoms with E-state index in [4.69, 9.17) is 18.9 Å². The standard InChI is InChI=1S/C22H34N2O4/c1-25-13-11-23-9-7-18(8-10-23)14-24(16-20-5-3-12-26-20)15-19-4-2-6-21-22(19)28-17-27-21/h2,4,6,18,20H,3,5,7-17H2,1H3/t20-/m1/s1. The van der Waals surface area contributed by atoms with E-state index in [-0.39, 0.29) is 0 Å². The zero-order chi connectivity index (χ0) is 19.2. The predicted octanol–water partition coefficient (Wildman–Crippen LogP) is 2.75. The Morgan fingerprint density at radius 3 is 2.82 bits per heavy atom. The van der Waals surface area contributed by atoms with E-state index in [2.05, 4.69) is 21.9 Å². The first kappa shape index (κ1) is 20.0. The van der Waals surface area contributed by atoms with Crippen molar-refractivity contribution in [3.8, 4) is 11.5 Å². The number of ether oxygens (including phenoxy) is 4. The van der Waals surface area contributed by atoms with Gasteiger partial charge in [0, 0.05) is 45.5 Å². The van der Waals surface area contributed by atoms with Crippen molar-refractivity contribution in [2.45, 2.75) is 38.3 Å². The van der Waals surface area contributed by atoms with Crippen molar-refractivity contribution < 1.29 is 18.9 Å². The molecular formula is C22H34N2O4. The molecule has 6 nitrogen and oxygen atoms in total. The molecule has 0 unspecified atom stereocenters. The second kappa shape index (κ2) is 9.92.